The van der Waals surface area contributed by atoms with Gasteiger partial charge < -0.3 is 5.11 Å². The maximum Gasteiger partial charge on any atom is 0.139 e. The highest BCUT2D eigenvalue weighted by molar-refractivity contribution is 5.87. The lowest BCUT2D eigenvalue weighted by Crippen LogP contribution is -2.42. The van der Waals surface area contributed by atoms with Crippen molar-refractivity contribution in [3.63, 3.8) is 0 Å². The number of carbonyl (C=O) groups is 1. The van der Waals surface area contributed by atoms with Gasteiger partial charge in [-0.1, -0.05) is 19.8 Å². The molecule has 3 unspecified atom stereocenters. The second-order valence-electron chi connectivity index (χ2n) is 8.34. The molecule has 0 aromatic rings. The summed E-state index contributed by atoms with van der Waals surface area (Å²) in [5, 5.41) is 9.40. The standard InChI is InChI=1S/C19H31FO2/c1-19-10-9-14-4-2-3-13(12-21)11-15(20)5-6-16(14)17(19)7-8-18(19)22/h13-17,21H,2-12H2,1H3/t13?,14?,15-,16-,17?,19+/m1/s1. The molecule has 0 bridgehead atoms. The Kier molecular flexibility index (Phi) is 4.92. The van der Waals surface area contributed by atoms with E-state index in [0.29, 0.717) is 36.4 Å². The number of fused-ring (bicyclic) bond motifs is 3. The van der Waals surface area contributed by atoms with Crippen LogP contribution < -0.4 is 0 Å². The van der Waals surface area contributed by atoms with Crippen LogP contribution in [0.15, 0.2) is 0 Å². The van der Waals surface area contributed by atoms with Crippen LogP contribution in [-0.2, 0) is 4.79 Å². The van der Waals surface area contributed by atoms with Crippen molar-refractivity contribution in [2.24, 2.45) is 29.1 Å². The Balaban J connectivity index is 1.74. The number of hydrogen-bond acceptors (Lipinski definition) is 2. The molecule has 0 spiro atoms. The summed E-state index contributed by atoms with van der Waals surface area (Å²) in [6, 6.07) is 0. The average Bonchev–Trinajstić information content (AvgIpc) is 2.81. The van der Waals surface area contributed by atoms with Gasteiger partial charge in [-0.2, -0.15) is 0 Å². The van der Waals surface area contributed by atoms with E-state index in [0.717, 1.165) is 44.9 Å². The van der Waals surface area contributed by atoms with E-state index >= 15 is 0 Å². The second-order valence-corrected chi connectivity index (χ2v) is 8.34. The smallest absolute Gasteiger partial charge is 0.139 e. The summed E-state index contributed by atoms with van der Waals surface area (Å²) in [7, 11) is 0. The molecule has 6 atom stereocenters. The molecule has 0 amide bonds. The van der Waals surface area contributed by atoms with Gasteiger partial charge in [0, 0.05) is 18.4 Å². The van der Waals surface area contributed by atoms with Gasteiger partial charge in [-0.15, -0.1) is 0 Å². The SMILES string of the molecule is C[C@]12CCC3CCCC(CO)C[C@H](F)CC[C@H]3C1CCC2=O. The van der Waals surface area contributed by atoms with Crippen LogP contribution in [0.25, 0.3) is 0 Å². The van der Waals surface area contributed by atoms with Crippen molar-refractivity contribution in [1.82, 2.24) is 0 Å². The van der Waals surface area contributed by atoms with Crippen LogP contribution in [0.3, 0.4) is 0 Å². The van der Waals surface area contributed by atoms with Gasteiger partial charge in [-0.05, 0) is 68.6 Å². The first-order chi connectivity index (χ1) is 10.5. The number of ketones is 1. The van der Waals surface area contributed by atoms with Gasteiger partial charge in [-0.3, -0.25) is 4.79 Å². The van der Waals surface area contributed by atoms with E-state index in [9.17, 15) is 14.3 Å². The number of alkyl halides is 1. The van der Waals surface area contributed by atoms with Gasteiger partial charge >= 0.3 is 0 Å². The maximum atomic E-state index is 14.3. The first-order valence-corrected chi connectivity index (χ1v) is 9.33. The molecule has 0 heterocycles. The third kappa shape index (κ3) is 2.98. The Morgan fingerprint density at radius 1 is 1.18 bits per heavy atom. The highest BCUT2D eigenvalue weighted by atomic mass is 19.1. The zero-order valence-electron chi connectivity index (χ0n) is 13.9. The summed E-state index contributed by atoms with van der Waals surface area (Å²) >= 11 is 0. The molecule has 0 aromatic heterocycles. The van der Waals surface area contributed by atoms with Gasteiger partial charge in [0.15, 0.2) is 0 Å². The summed E-state index contributed by atoms with van der Waals surface area (Å²) in [4.78, 5) is 12.3. The highest BCUT2D eigenvalue weighted by Crippen LogP contribution is 2.56. The van der Waals surface area contributed by atoms with Crippen LogP contribution in [0.1, 0.15) is 71.1 Å². The Morgan fingerprint density at radius 2 is 2.00 bits per heavy atom. The monoisotopic (exact) mass is 310 g/mol. The number of aliphatic hydroxyl groups is 1. The molecule has 0 saturated heterocycles. The average molecular weight is 310 g/mol. The van der Waals surface area contributed by atoms with E-state index in [1.807, 2.05) is 0 Å². The topological polar surface area (TPSA) is 37.3 Å². The van der Waals surface area contributed by atoms with Crippen molar-refractivity contribution in [3.8, 4) is 0 Å². The van der Waals surface area contributed by atoms with E-state index in [-0.39, 0.29) is 17.9 Å². The van der Waals surface area contributed by atoms with Gasteiger partial charge in [0.05, 0.1) is 0 Å². The molecular formula is C19H31FO2. The molecule has 3 rings (SSSR count). The predicted molar refractivity (Wildman–Crippen MR) is 85.2 cm³/mol. The molecule has 22 heavy (non-hydrogen) atoms. The molecule has 3 aliphatic carbocycles. The minimum atomic E-state index is -0.777. The van der Waals surface area contributed by atoms with Crippen molar-refractivity contribution in [2.75, 3.05) is 6.61 Å². The fourth-order valence-corrected chi connectivity index (χ4v) is 5.74. The Morgan fingerprint density at radius 3 is 2.77 bits per heavy atom. The normalized spacial score (nSPS) is 46.9. The summed E-state index contributed by atoms with van der Waals surface area (Å²) in [5.41, 5.74) is -0.106. The van der Waals surface area contributed by atoms with Crippen LogP contribution in [0.5, 0.6) is 0 Å². The third-order valence-corrected chi connectivity index (χ3v) is 7.14. The molecule has 2 nitrogen and oxygen atoms in total. The molecule has 0 aromatic carbocycles. The predicted octanol–water partition coefficient (Wildman–Crippen LogP) is 4.30. The van der Waals surface area contributed by atoms with Crippen molar-refractivity contribution < 1.29 is 14.3 Å². The van der Waals surface area contributed by atoms with Crippen LogP contribution in [-0.4, -0.2) is 23.7 Å². The number of aliphatic hydroxyl groups excluding tert-OH is 1. The first kappa shape index (κ1) is 16.4. The summed E-state index contributed by atoms with van der Waals surface area (Å²) in [6.07, 6.45) is 8.55. The molecule has 0 aliphatic heterocycles. The molecular weight excluding hydrogens is 279 g/mol. The number of halogens is 1. The van der Waals surface area contributed by atoms with Crippen molar-refractivity contribution in [2.45, 2.75) is 77.3 Å². The molecule has 0 radical (unpaired) electrons. The zero-order chi connectivity index (χ0) is 15.7. The number of hydrogen-bond donors (Lipinski definition) is 1. The lowest BCUT2D eigenvalue weighted by molar-refractivity contribution is -0.130. The summed E-state index contributed by atoms with van der Waals surface area (Å²) < 4.78 is 14.3. The van der Waals surface area contributed by atoms with E-state index in [4.69, 9.17) is 0 Å². The fourth-order valence-electron chi connectivity index (χ4n) is 5.74. The number of rotatable bonds is 1. The molecule has 3 fully saturated rings. The van der Waals surface area contributed by atoms with Crippen molar-refractivity contribution in [1.29, 1.82) is 0 Å². The van der Waals surface area contributed by atoms with Gasteiger partial charge in [-0.25, -0.2) is 4.39 Å². The maximum absolute atomic E-state index is 14.3. The molecule has 3 heteroatoms. The highest BCUT2D eigenvalue weighted by Gasteiger charge is 2.53. The summed E-state index contributed by atoms with van der Waals surface area (Å²) in [5.74, 6) is 2.33. The second kappa shape index (κ2) is 6.59. The van der Waals surface area contributed by atoms with Gasteiger partial charge in [0.25, 0.3) is 0 Å². The molecule has 1 N–H and O–H groups in total. The summed E-state index contributed by atoms with van der Waals surface area (Å²) in [6.45, 7) is 2.31. The van der Waals surface area contributed by atoms with Crippen LogP contribution in [0, 0.1) is 29.1 Å². The molecule has 3 saturated carbocycles. The molecule has 126 valence electrons. The van der Waals surface area contributed by atoms with E-state index in [2.05, 4.69) is 6.92 Å². The molecule has 3 aliphatic rings. The lowest BCUT2D eigenvalue weighted by atomic mass is 9.58. The van der Waals surface area contributed by atoms with Crippen molar-refractivity contribution in [3.05, 3.63) is 0 Å². The fraction of sp³-hybridized carbons (Fsp3) is 0.947. The Hall–Kier alpha value is -0.440. The van der Waals surface area contributed by atoms with E-state index in [1.54, 1.807) is 0 Å². The number of Topliss-reactive ketones (excluding diaryl/α,β-unsaturated/α-hetero) is 1. The minimum Gasteiger partial charge on any atom is -0.396 e. The third-order valence-electron chi connectivity index (χ3n) is 7.14. The lowest BCUT2D eigenvalue weighted by Gasteiger charge is -2.46. The van der Waals surface area contributed by atoms with Crippen LogP contribution in [0.2, 0.25) is 0 Å². The van der Waals surface area contributed by atoms with Gasteiger partial charge in [0.1, 0.15) is 12.0 Å². The van der Waals surface area contributed by atoms with Gasteiger partial charge in [0.2, 0.25) is 0 Å². The van der Waals surface area contributed by atoms with Crippen LogP contribution >= 0.6 is 0 Å². The van der Waals surface area contributed by atoms with E-state index in [1.165, 1.54) is 6.42 Å². The van der Waals surface area contributed by atoms with Crippen molar-refractivity contribution >= 4 is 5.78 Å². The Labute approximate surface area is 133 Å². The van der Waals surface area contributed by atoms with Crippen LogP contribution in [0.4, 0.5) is 4.39 Å². The number of carbonyl (C=O) groups excluding carboxylic acids is 1. The Bertz CT molecular complexity index is 410. The largest absolute Gasteiger partial charge is 0.396 e. The first-order valence-electron chi connectivity index (χ1n) is 9.33. The minimum absolute atomic E-state index is 0.106. The zero-order valence-corrected chi connectivity index (χ0v) is 13.9. The van der Waals surface area contributed by atoms with E-state index < -0.39 is 6.17 Å². The quantitative estimate of drug-likeness (QED) is 0.784.